The Bertz CT molecular complexity index is 548. The van der Waals surface area contributed by atoms with E-state index < -0.39 is 0 Å². The van der Waals surface area contributed by atoms with Crippen LogP contribution in [0.4, 0.5) is 11.6 Å². The number of aryl methyl sites for hydroxylation is 2. The summed E-state index contributed by atoms with van der Waals surface area (Å²) < 4.78 is 7.28. The standard InChI is InChI=1S/C15H21N3O/c1-11-5-6-14(12(2)9-11)17-15-16-7-8-18(15)13(3)10-19-4/h5-9,13H,10H2,1-4H3,(H,16,17). The minimum Gasteiger partial charge on any atom is -0.383 e. The molecule has 2 aromatic rings. The van der Waals surface area contributed by atoms with Gasteiger partial charge in [0.15, 0.2) is 0 Å². The first kappa shape index (κ1) is 13.6. The molecule has 0 saturated heterocycles. The Kier molecular flexibility index (Phi) is 4.22. The number of benzene rings is 1. The molecular formula is C15H21N3O. The molecule has 0 aliphatic carbocycles. The maximum absolute atomic E-state index is 5.20. The van der Waals surface area contributed by atoms with Crippen molar-refractivity contribution in [2.75, 3.05) is 19.0 Å². The molecule has 1 N–H and O–H groups in total. The highest BCUT2D eigenvalue weighted by Gasteiger charge is 2.10. The molecule has 1 aromatic carbocycles. The maximum Gasteiger partial charge on any atom is 0.207 e. The first-order valence-corrected chi connectivity index (χ1v) is 6.48. The van der Waals surface area contributed by atoms with Crippen LogP contribution in [0.1, 0.15) is 24.1 Å². The Hall–Kier alpha value is -1.81. The summed E-state index contributed by atoms with van der Waals surface area (Å²) in [6.07, 6.45) is 3.77. The van der Waals surface area contributed by atoms with Gasteiger partial charge in [0.1, 0.15) is 0 Å². The number of rotatable bonds is 5. The number of anilines is 2. The zero-order valence-corrected chi connectivity index (χ0v) is 12.0. The van der Waals surface area contributed by atoms with Crippen molar-refractivity contribution in [2.45, 2.75) is 26.8 Å². The predicted molar refractivity (Wildman–Crippen MR) is 78.0 cm³/mol. The van der Waals surface area contributed by atoms with Gasteiger partial charge in [-0.1, -0.05) is 17.7 Å². The number of aromatic nitrogens is 2. The van der Waals surface area contributed by atoms with Crippen molar-refractivity contribution in [2.24, 2.45) is 0 Å². The Labute approximate surface area is 114 Å². The summed E-state index contributed by atoms with van der Waals surface area (Å²) in [5.41, 5.74) is 3.57. The Morgan fingerprint density at radius 2 is 2.16 bits per heavy atom. The summed E-state index contributed by atoms with van der Waals surface area (Å²) in [5.74, 6) is 0.844. The van der Waals surface area contributed by atoms with Crippen LogP contribution in [-0.2, 0) is 4.74 Å². The van der Waals surface area contributed by atoms with Crippen LogP contribution in [0, 0.1) is 13.8 Å². The highest BCUT2D eigenvalue weighted by molar-refractivity contribution is 5.59. The average Bonchev–Trinajstić information content (AvgIpc) is 2.81. The zero-order valence-electron chi connectivity index (χ0n) is 12.0. The van der Waals surface area contributed by atoms with Crippen molar-refractivity contribution in [3.8, 4) is 0 Å². The fourth-order valence-electron chi connectivity index (χ4n) is 2.16. The molecule has 19 heavy (non-hydrogen) atoms. The molecule has 0 aliphatic heterocycles. The number of hydrogen-bond acceptors (Lipinski definition) is 3. The predicted octanol–water partition coefficient (Wildman–Crippen LogP) is 3.45. The van der Waals surface area contributed by atoms with Crippen molar-refractivity contribution in [1.82, 2.24) is 9.55 Å². The zero-order chi connectivity index (χ0) is 13.8. The van der Waals surface area contributed by atoms with Gasteiger partial charge in [-0.25, -0.2) is 4.98 Å². The molecule has 0 amide bonds. The van der Waals surface area contributed by atoms with Gasteiger partial charge in [0, 0.05) is 25.2 Å². The smallest absolute Gasteiger partial charge is 0.207 e. The molecule has 1 heterocycles. The lowest BCUT2D eigenvalue weighted by Crippen LogP contribution is -2.13. The third-order valence-electron chi connectivity index (χ3n) is 3.18. The molecule has 0 bridgehead atoms. The monoisotopic (exact) mass is 259 g/mol. The van der Waals surface area contributed by atoms with Crippen LogP contribution in [0.15, 0.2) is 30.6 Å². The lowest BCUT2D eigenvalue weighted by molar-refractivity contribution is 0.163. The van der Waals surface area contributed by atoms with Gasteiger partial charge in [-0.05, 0) is 32.4 Å². The number of nitrogens with zero attached hydrogens (tertiary/aromatic N) is 2. The summed E-state index contributed by atoms with van der Waals surface area (Å²) in [5, 5.41) is 3.38. The van der Waals surface area contributed by atoms with Gasteiger partial charge >= 0.3 is 0 Å². The lowest BCUT2D eigenvalue weighted by atomic mass is 10.1. The fraction of sp³-hybridized carbons (Fsp3) is 0.400. The summed E-state index contributed by atoms with van der Waals surface area (Å²) in [7, 11) is 1.71. The van der Waals surface area contributed by atoms with Crippen molar-refractivity contribution in [1.29, 1.82) is 0 Å². The van der Waals surface area contributed by atoms with E-state index in [1.165, 1.54) is 11.1 Å². The SMILES string of the molecule is COCC(C)n1ccnc1Nc1ccc(C)cc1C. The molecule has 0 spiro atoms. The highest BCUT2D eigenvalue weighted by Crippen LogP contribution is 2.22. The third-order valence-corrected chi connectivity index (χ3v) is 3.18. The van der Waals surface area contributed by atoms with Gasteiger partial charge in [-0.15, -0.1) is 0 Å². The van der Waals surface area contributed by atoms with Gasteiger partial charge < -0.3 is 14.6 Å². The van der Waals surface area contributed by atoms with Crippen molar-refractivity contribution in [3.05, 3.63) is 41.7 Å². The second-order valence-electron chi connectivity index (χ2n) is 4.91. The van der Waals surface area contributed by atoms with E-state index in [2.05, 4.69) is 53.8 Å². The quantitative estimate of drug-likeness (QED) is 0.894. The molecule has 0 saturated carbocycles. The van der Waals surface area contributed by atoms with Crippen LogP contribution in [0.25, 0.3) is 0 Å². The summed E-state index contributed by atoms with van der Waals surface area (Å²) >= 11 is 0. The van der Waals surface area contributed by atoms with E-state index >= 15 is 0 Å². The highest BCUT2D eigenvalue weighted by atomic mass is 16.5. The number of methoxy groups -OCH3 is 1. The molecule has 102 valence electrons. The van der Waals surface area contributed by atoms with E-state index in [4.69, 9.17) is 4.74 Å². The first-order valence-electron chi connectivity index (χ1n) is 6.48. The Morgan fingerprint density at radius 1 is 1.37 bits per heavy atom. The lowest BCUT2D eigenvalue weighted by Gasteiger charge is -2.17. The third kappa shape index (κ3) is 3.15. The average molecular weight is 259 g/mol. The van der Waals surface area contributed by atoms with E-state index in [-0.39, 0.29) is 6.04 Å². The number of nitrogens with one attached hydrogen (secondary N) is 1. The largest absolute Gasteiger partial charge is 0.383 e. The molecule has 2 rings (SSSR count). The minimum absolute atomic E-state index is 0.251. The van der Waals surface area contributed by atoms with Crippen molar-refractivity contribution >= 4 is 11.6 Å². The minimum atomic E-state index is 0.251. The van der Waals surface area contributed by atoms with Crippen LogP contribution >= 0.6 is 0 Å². The Morgan fingerprint density at radius 3 is 2.84 bits per heavy atom. The van der Waals surface area contributed by atoms with E-state index in [1.807, 2.05) is 6.20 Å². The first-order chi connectivity index (χ1) is 9.11. The topological polar surface area (TPSA) is 39.1 Å². The number of hydrogen-bond donors (Lipinski definition) is 1. The van der Waals surface area contributed by atoms with E-state index in [9.17, 15) is 0 Å². The van der Waals surface area contributed by atoms with Gasteiger partial charge in [-0.2, -0.15) is 0 Å². The molecule has 1 aromatic heterocycles. The molecule has 4 heteroatoms. The molecule has 4 nitrogen and oxygen atoms in total. The van der Waals surface area contributed by atoms with Crippen LogP contribution in [0.2, 0.25) is 0 Å². The normalized spacial score (nSPS) is 12.4. The van der Waals surface area contributed by atoms with Gasteiger partial charge in [-0.3, -0.25) is 0 Å². The van der Waals surface area contributed by atoms with Crippen LogP contribution in [0.5, 0.6) is 0 Å². The van der Waals surface area contributed by atoms with E-state index in [0.29, 0.717) is 6.61 Å². The van der Waals surface area contributed by atoms with E-state index in [0.717, 1.165) is 11.6 Å². The maximum atomic E-state index is 5.20. The molecule has 1 unspecified atom stereocenters. The number of ether oxygens (including phenoxy) is 1. The molecule has 0 fully saturated rings. The second kappa shape index (κ2) is 5.89. The van der Waals surface area contributed by atoms with Gasteiger partial charge in [0.05, 0.1) is 12.6 Å². The van der Waals surface area contributed by atoms with Crippen molar-refractivity contribution in [3.63, 3.8) is 0 Å². The second-order valence-corrected chi connectivity index (χ2v) is 4.91. The summed E-state index contributed by atoms with van der Waals surface area (Å²) in [4.78, 5) is 4.37. The molecule has 1 atom stereocenters. The van der Waals surface area contributed by atoms with E-state index in [1.54, 1.807) is 13.3 Å². The van der Waals surface area contributed by atoms with Crippen LogP contribution < -0.4 is 5.32 Å². The van der Waals surface area contributed by atoms with Crippen LogP contribution in [0.3, 0.4) is 0 Å². The molecule has 0 radical (unpaired) electrons. The van der Waals surface area contributed by atoms with Gasteiger partial charge in [0.2, 0.25) is 5.95 Å². The summed E-state index contributed by atoms with van der Waals surface area (Å²) in [6, 6.07) is 6.60. The van der Waals surface area contributed by atoms with Crippen molar-refractivity contribution < 1.29 is 4.74 Å². The van der Waals surface area contributed by atoms with Gasteiger partial charge in [0.25, 0.3) is 0 Å². The fourth-order valence-corrected chi connectivity index (χ4v) is 2.16. The van der Waals surface area contributed by atoms with Crippen LogP contribution in [-0.4, -0.2) is 23.3 Å². The molecular weight excluding hydrogens is 238 g/mol. The molecule has 0 aliphatic rings. The Balaban J connectivity index is 2.21. The summed E-state index contributed by atoms with van der Waals surface area (Å²) in [6.45, 7) is 6.97. The number of imidazole rings is 1.